The van der Waals surface area contributed by atoms with Crippen molar-refractivity contribution in [3.63, 3.8) is 0 Å². The second kappa shape index (κ2) is 7.40. The summed E-state index contributed by atoms with van der Waals surface area (Å²) >= 11 is 0. The van der Waals surface area contributed by atoms with Crippen LogP contribution in [-0.4, -0.2) is 51.3 Å². The van der Waals surface area contributed by atoms with E-state index in [0.29, 0.717) is 6.54 Å². The molecule has 132 valence electrons. The molecule has 6 heteroatoms. The molecule has 1 aromatic rings. The minimum Gasteiger partial charge on any atom is -0.489 e. The van der Waals surface area contributed by atoms with Crippen molar-refractivity contribution in [2.24, 2.45) is 0 Å². The van der Waals surface area contributed by atoms with Gasteiger partial charge in [0.2, 0.25) is 0 Å². The minimum absolute atomic E-state index is 0. The van der Waals surface area contributed by atoms with Crippen LogP contribution in [0.2, 0.25) is 0 Å². The zero-order valence-corrected chi connectivity index (χ0v) is 13.4. The van der Waals surface area contributed by atoms with Gasteiger partial charge in [0.05, 0.1) is 5.56 Å². The van der Waals surface area contributed by atoms with Crippen LogP contribution in [0.15, 0.2) is 12.1 Å². The molecule has 0 unspecified atom stereocenters. The molecule has 24 heavy (non-hydrogen) atoms. The molecule has 2 saturated heterocycles. The van der Waals surface area contributed by atoms with Gasteiger partial charge in [0.15, 0.2) is 0 Å². The van der Waals surface area contributed by atoms with Crippen LogP contribution in [0.5, 0.6) is 5.75 Å². The largest absolute Gasteiger partial charge is 0.489 e. The maximum Gasteiger partial charge on any atom is 0.255 e. The number of rotatable bonds is 3. The lowest BCUT2D eigenvalue weighted by Gasteiger charge is -2.31. The molecular formula is C18H28N4O2. The van der Waals surface area contributed by atoms with E-state index in [4.69, 9.17) is 4.74 Å². The number of piperazine rings is 1. The van der Waals surface area contributed by atoms with Crippen molar-refractivity contribution < 1.29 is 9.53 Å². The predicted octanol–water partition coefficient (Wildman–Crippen LogP) is 1.11. The SMILES string of the molecule is C.O=C1NCc2c(N3CCNCC3)ccc(OC3CCNCC3)c21. The number of nitrogens with one attached hydrogen (secondary N) is 3. The van der Waals surface area contributed by atoms with E-state index in [1.165, 1.54) is 5.69 Å². The van der Waals surface area contributed by atoms with E-state index in [9.17, 15) is 4.79 Å². The molecule has 6 nitrogen and oxygen atoms in total. The minimum atomic E-state index is 0. The van der Waals surface area contributed by atoms with Gasteiger partial charge in [-0.25, -0.2) is 0 Å². The maximum atomic E-state index is 12.3. The van der Waals surface area contributed by atoms with Gasteiger partial charge in [-0.15, -0.1) is 0 Å². The molecule has 2 fully saturated rings. The average molecular weight is 332 g/mol. The van der Waals surface area contributed by atoms with Gasteiger partial charge in [-0.1, -0.05) is 7.43 Å². The van der Waals surface area contributed by atoms with Crippen LogP contribution in [0.3, 0.4) is 0 Å². The molecule has 4 rings (SSSR count). The van der Waals surface area contributed by atoms with Gasteiger partial charge in [-0.3, -0.25) is 4.79 Å². The number of ether oxygens (including phenoxy) is 1. The Labute approximate surface area is 143 Å². The summed E-state index contributed by atoms with van der Waals surface area (Å²) in [5.74, 6) is 0.752. The monoisotopic (exact) mass is 332 g/mol. The number of fused-ring (bicyclic) bond motifs is 1. The number of hydrogen-bond acceptors (Lipinski definition) is 5. The van der Waals surface area contributed by atoms with E-state index in [-0.39, 0.29) is 19.4 Å². The summed E-state index contributed by atoms with van der Waals surface area (Å²) in [6.45, 7) is 6.52. The van der Waals surface area contributed by atoms with Crippen LogP contribution in [0.25, 0.3) is 0 Å². The number of benzene rings is 1. The van der Waals surface area contributed by atoms with Gasteiger partial charge >= 0.3 is 0 Å². The molecule has 0 saturated carbocycles. The Hall–Kier alpha value is -1.79. The van der Waals surface area contributed by atoms with Crippen LogP contribution in [0.4, 0.5) is 5.69 Å². The number of carbonyl (C=O) groups is 1. The molecule has 0 bridgehead atoms. The van der Waals surface area contributed by atoms with Gasteiger partial charge < -0.3 is 25.6 Å². The summed E-state index contributed by atoms with van der Waals surface area (Å²) < 4.78 is 6.18. The van der Waals surface area contributed by atoms with Crippen molar-refractivity contribution in [2.45, 2.75) is 32.9 Å². The molecule has 0 radical (unpaired) electrons. The van der Waals surface area contributed by atoms with Crippen molar-refractivity contribution in [1.29, 1.82) is 0 Å². The Bertz CT molecular complexity index is 593. The molecule has 3 heterocycles. The van der Waals surface area contributed by atoms with Crippen LogP contribution in [0, 0.1) is 0 Å². The van der Waals surface area contributed by atoms with Crippen molar-refractivity contribution in [3.8, 4) is 5.75 Å². The Morgan fingerprint density at radius 3 is 2.50 bits per heavy atom. The molecular weight excluding hydrogens is 304 g/mol. The van der Waals surface area contributed by atoms with Crippen molar-refractivity contribution in [1.82, 2.24) is 16.0 Å². The Morgan fingerprint density at radius 1 is 1.04 bits per heavy atom. The van der Waals surface area contributed by atoms with Gasteiger partial charge in [0.1, 0.15) is 11.9 Å². The molecule has 1 aromatic carbocycles. The highest BCUT2D eigenvalue weighted by Gasteiger charge is 2.30. The van der Waals surface area contributed by atoms with Crippen LogP contribution >= 0.6 is 0 Å². The molecule has 1 amide bonds. The number of anilines is 1. The first kappa shape index (κ1) is 17.0. The van der Waals surface area contributed by atoms with E-state index < -0.39 is 0 Å². The highest BCUT2D eigenvalue weighted by Crippen LogP contribution is 2.35. The number of hydrogen-bond donors (Lipinski definition) is 3. The average Bonchev–Trinajstić information content (AvgIpc) is 2.99. The Kier molecular flexibility index (Phi) is 5.26. The van der Waals surface area contributed by atoms with E-state index >= 15 is 0 Å². The zero-order valence-electron chi connectivity index (χ0n) is 13.4. The van der Waals surface area contributed by atoms with Crippen LogP contribution < -0.4 is 25.6 Å². The quantitative estimate of drug-likeness (QED) is 0.774. The highest BCUT2D eigenvalue weighted by atomic mass is 16.5. The van der Waals surface area contributed by atoms with Crippen LogP contribution in [0.1, 0.15) is 36.2 Å². The third-order valence-electron chi connectivity index (χ3n) is 4.94. The third-order valence-corrected chi connectivity index (χ3v) is 4.94. The first-order chi connectivity index (χ1) is 11.3. The Balaban J connectivity index is 0.00000169. The fourth-order valence-electron chi connectivity index (χ4n) is 3.69. The van der Waals surface area contributed by atoms with Gasteiger partial charge in [0.25, 0.3) is 5.91 Å². The molecule has 0 aromatic heterocycles. The first-order valence-corrected chi connectivity index (χ1v) is 8.60. The van der Waals surface area contributed by atoms with E-state index in [0.717, 1.165) is 69.0 Å². The van der Waals surface area contributed by atoms with E-state index in [2.05, 4.69) is 26.9 Å². The molecule has 3 aliphatic rings. The lowest BCUT2D eigenvalue weighted by atomic mass is 10.0. The smallest absolute Gasteiger partial charge is 0.255 e. The third kappa shape index (κ3) is 3.21. The number of carbonyl (C=O) groups excluding carboxylic acids is 1. The second-order valence-electron chi connectivity index (χ2n) is 6.42. The van der Waals surface area contributed by atoms with E-state index in [1.54, 1.807) is 0 Å². The molecule has 3 N–H and O–H groups in total. The summed E-state index contributed by atoms with van der Waals surface area (Å²) in [7, 11) is 0. The molecule has 0 spiro atoms. The van der Waals surface area contributed by atoms with Crippen LogP contribution in [-0.2, 0) is 6.54 Å². The summed E-state index contributed by atoms with van der Waals surface area (Å²) in [6.07, 6.45) is 2.20. The topological polar surface area (TPSA) is 65.6 Å². The number of nitrogens with zero attached hydrogens (tertiary/aromatic N) is 1. The first-order valence-electron chi connectivity index (χ1n) is 8.60. The van der Waals surface area contributed by atoms with Gasteiger partial charge in [-0.05, 0) is 38.1 Å². The molecule has 0 atom stereocenters. The number of piperidine rings is 1. The summed E-state index contributed by atoms with van der Waals surface area (Å²) in [6, 6.07) is 4.12. The standard InChI is InChI=1S/C17H24N4O2.CH4/c22-17-16-13(11-20-17)14(21-9-7-19-8-10-21)1-2-15(16)23-12-3-5-18-6-4-12;/h1-2,12,18-19H,3-11H2,(H,20,22);1H4. The Morgan fingerprint density at radius 2 is 1.75 bits per heavy atom. The van der Waals surface area contributed by atoms with Crippen molar-refractivity contribution >= 4 is 11.6 Å². The summed E-state index contributed by atoms with van der Waals surface area (Å²) in [5.41, 5.74) is 3.03. The predicted molar refractivity (Wildman–Crippen MR) is 95.9 cm³/mol. The van der Waals surface area contributed by atoms with Crippen molar-refractivity contribution in [3.05, 3.63) is 23.3 Å². The lowest BCUT2D eigenvalue weighted by Crippen LogP contribution is -2.44. The second-order valence-corrected chi connectivity index (χ2v) is 6.42. The fraction of sp³-hybridized carbons (Fsp3) is 0.611. The lowest BCUT2D eigenvalue weighted by molar-refractivity contribution is 0.0956. The number of amides is 1. The maximum absolute atomic E-state index is 12.3. The van der Waals surface area contributed by atoms with Gasteiger partial charge in [-0.2, -0.15) is 0 Å². The molecule has 0 aliphatic carbocycles. The molecule has 3 aliphatic heterocycles. The zero-order chi connectivity index (χ0) is 15.6. The summed E-state index contributed by atoms with van der Waals surface area (Å²) in [5, 5.41) is 9.68. The van der Waals surface area contributed by atoms with E-state index in [1.807, 2.05) is 6.07 Å². The fourth-order valence-corrected chi connectivity index (χ4v) is 3.69. The normalized spacial score (nSPS) is 21.0. The van der Waals surface area contributed by atoms with Crippen molar-refractivity contribution in [2.75, 3.05) is 44.2 Å². The summed E-state index contributed by atoms with van der Waals surface area (Å²) in [4.78, 5) is 14.7. The van der Waals surface area contributed by atoms with Gasteiger partial charge in [0, 0.05) is 44.0 Å². The highest BCUT2D eigenvalue weighted by molar-refractivity contribution is 6.02.